The summed E-state index contributed by atoms with van der Waals surface area (Å²) in [6.07, 6.45) is 2.92. The lowest BCUT2D eigenvalue weighted by molar-refractivity contribution is -0.0364. The van der Waals surface area contributed by atoms with Crippen LogP contribution in [0.5, 0.6) is 0 Å². The Bertz CT molecular complexity index is 1350. The maximum absolute atomic E-state index is 12.4. The minimum atomic E-state index is -0.412. The largest absolute Gasteiger partial charge is 0.449 e. The zero-order valence-corrected chi connectivity index (χ0v) is 25.9. The molecule has 1 aliphatic rings. The van der Waals surface area contributed by atoms with Gasteiger partial charge in [0.25, 0.3) is 0 Å². The van der Waals surface area contributed by atoms with Crippen LogP contribution in [0.2, 0.25) is 0 Å². The zero-order valence-electron chi connectivity index (χ0n) is 24.3. The first-order valence-corrected chi connectivity index (χ1v) is 16.1. The summed E-state index contributed by atoms with van der Waals surface area (Å²) in [4.78, 5) is 19.1. The van der Waals surface area contributed by atoms with Gasteiger partial charge in [0, 0.05) is 54.7 Å². The van der Waals surface area contributed by atoms with Gasteiger partial charge >= 0.3 is 6.09 Å². The molecule has 0 saturated carbocycles. The van der Waals surface area contributed by atoms with E-state index in [4.69, 9.17) is 9.47 Å². The summed E-state index contributed by atoms with van der Waals surface area (Å²) in [5.41, 5.74) is 3.88. The highest BCUT2D eigenvalue weighted by Crippen LogP contribution is 2.41. The smallest absolute Gasteiger partial charge is 0.407 e. The van der Waals surface area contributed by atoms with Crippen molar-refractivity contribution in [3.05, 3.63) is 89.6 Å². The Labute approximate surface area is 252 Å². The van der Waals surface area contributed by atoms with E-state index in [9.17, 15) is 4.79 Å². The molecular formula is C33H39N3O3S2. The van der Waals surface area contributed by atoms with Crippen LogP contribution in [0.15, 0.2) is 78.0 Å². The Morgan fingerprint density at radius 2 is 1.68 bits per heavy atom. The second-order valence-corrected chi connectivity index (χ2v) is 14.0. The zero-order chi connectivity index (χ0) is 29.1. The molecule has 0 atom stereocenters. The lowest BCUT2D eigenvalue weighted by Gasteiger charge is -2.29. The molecule has 41 heavy (non-hydrogen) atoms. The van der Waals surface area contributed by atoms with Crippen LogP contribution in [0.3, 0.4) is 0 Å². The summed E-state index contributed by atoms with van der Waals surface area (Å²) >= 11 is 0. The monoisotopic (exact) mass is 589 g/mol. The summed E-state index contributed by atoms with van der Waals surface area (Å²) < 4.78 is 11.7. The van der Waals surface area contributed by atoms with Crippen molar-refractivity contribution >= 4 is 33.4 Å². The molecular weight excluding hydrogens is 551 g/mol. The second-order valence-electron chi connectivity index (χ2n) is 11.1. The summed E-state index contributed by atoms with van der Waals surface area (Å²) in [5, 5.41) is 3.92. The van der Waals surface area contributed by atoms with Gasteiger partial charge in [0.2, 0.25) is 0 Å². The number of carbonyl (C=O) groups excluding carboxylic acids is 1. The van der Waals surface area contributed by atoms with Crippen molar-refractivity contribution in [2.24, 2.45) is 0 Å². The minimum Gasteiger partial charge on any atom is -0.449 e. The van der Waals surface area contributed by atoms with Gasteiger partial charge in [-0.15, -0.1) is 0 Å². The molecule has 0 radical (unpaired) electrons. The molecule has 1 amide bonds. The summed E-state index contributed by atoms with van der Waals surface area (Å²) in [6.45, 7) is 11.3. The number of benzene rings is 2. The normalized spacial score (nSPS) is 12.7. The number of fused-ring (bicyclic) bond motifs is 2. The molecule has 0 fully saturated rings. The van der Waals surface area contributed by atoms with Gasteiger partial charge in [-0.3, -0.25) is 0 Å². The van der Waals surface area contributed by atoms with Crippen LogP contribution in [-0.2, 0) is 16.0 Å². The van der Waals surface area contributed by atoms with Crippen LogP contribution in [0, 0.1) is 11.8 Å². The number of ether oxygens (including phenoxy) is 2. The quantitative estimate of drug-likeness (QED) is 0.166. The van der Waals surface area contributed by atoms with Crippen LogP contribution < -0.4 is 10.2 Å². The minimum absolute atomic E-state index is 0.0380. The number of carbonyl (C=O) groups is 1. The molecule has 1 N–H and O–H groups in total. The number of nitrogens with one attached hydrogen (secondary N) is 1. The first kappa shape index (κ1) is 30.8. The molecule has 6 nitrogen and oxygen atoms in total. The molecule has 0 bridgehead atoms. The van der Waals surface area contributed by atoms with Crippen LogP contribution in [0.4, 0.5) is 10.5 Å². The number of amides is 1. The van der Waals surface area contributed by atoms with Gasteiger partial charge in [0.1, 0.15) is 5.03 Å². The molecule has 1 aromatic heterocycles. The van der Waals surface area contributed by atoms with Crippen molar-refractivity contribution in [2.75, 3.05) is 31.2 Å². The fraction of sp³-hybridized carbons (Fsp3) is 0.394. The number of hydrogen-bond donors (Lipinski definition) is 1. The van der Waals surface area contributed by atoms with E-state index < -0.39 is 11.7 Å². The summed E-state index contributed by atoms with van der Waals surface area (Å²) in [6, 6.07) is 22.3. The molecule has 0 spiro atoms. The van der Waals surface area contributed by atoms with Gasteiger partial charge in [-0.25, -0.2) is 9.78 Å². The fourth-order valence-electron chi connectivity index (χ4n) is 4.23. The van der Waals surface area contributed by atoms with Crippen LogP contribution in [-0.4, -0.2) is 47.7 Å². The van der Waals surface area contributed by atoms with E-state index in [1.807, 2.05) is 68.6 Å². The lowest BCUT2D eigenvalue weighted by Crippen LogP contribution is -2.36. The SMILES string of the molecule is CC(C)(CCOC(=O)NCCN1Cc2ccccc2C#Cc2ccccc21)OCCC(C)(C)SSc1ccccn1. The first-order valence-electron chi connectivity index (χ1n) is 14.0. The maximum atomic E-state index is 12.4. The number of rotatable bonds is 13. The Hall–Kier alpha value is -3.12. The Kier molecular flexibility index (Phi) is 11.0. The number of alkyl carbamates (subject to hydrolysis) is 1. The number of pyridine rings is 1. The molecule has 3 aromatic rings. The van der Waals surface area contributed by atoms with Crippen molar-refractivity contribution in [1.82, 2.24) is 10.3 Å². The van der Waals surface area contributed by atoms with E-state index in [0.717, 1.165) is 34.8 Å². The van der Waals surface area contributed by atoms with Gasteiger partial charge in [0.05, 0.1) is 17.9 Å². The van der Waals surface area contributed by atoms with Crippen molar-refractivity contribution in [1.29, 1.82) is 0 Å². The van der Waals surface area contributed by atoms with Crippen molar-refractivity contribution in [2.45, 2.75) is 62.5 Å². The van der Waals surface area contributed by atoms with E-state index in [2.05, 4.69) is 59.1 Å². The summed E-state index contributed by atoms with van der Waals surface area (Å²) in [5.74, 6) is 6.61. The Morgan fingerprint density at radius 1 is 0.951 bits per heavy atom. The highest BCUT2D eigenvalue weighted by Gasteiger charge is 2.24. The van der Waals surface area contributed by atoms with Gasteiger partial charge < -0.3 is 19.7 Å². The Morgan fingerprint density at radius 3 is 2.49 bits per heavy atom. The number of aromatic nitrogens is 1. The van der Waals surface area contributed by atoms with E-state index in [-0.39, 0.29) is 4.75 Å². The van der Waals surface area contributed by atoms with Gasteiger partial charge in [0.15, 0.2) is 0 Å². The van der Waals surface area contributed by atoms with Crippen molar-refractivity contribution in [3.63, 3.8) is 0 Å². The summed E-state index contributed by atoms with van der Waals surface area (Å²) in [7, 11) is 3.49. The fourth-order valence-corrected chi connectivity index (χ4v) is 6.43. The molecule has 2 aromatic carbocycles. The molecule has 8 heteroatoms. The van der Waals surface area contributed by atoms with E-state index in [0.29, 0.717) is 32.7 Å². The number of nitrogens with zero attached hydrogens (tertiary/aromatic N) is 2. The predicted molar refractivity (Wildman–Crippen MR) is 170 cm³/mol. The standard InChI is InChI=1S/C33H39N3O3S2/c1-32(2,39-24-19-33(3,4)41-40-30-15-9-10-20-34-30)18-23-38-31(37)35-21-22-36-25-28-13-6-5-11-26(28)16-17-27-12-7-8-14-29(27)36/h5-15,20H,18-19,21-25H2,1-4H3,(H,35,37). The molecule has 0 aliphatic carbocycles. The van der Waals surface area contributed by atoms with Gasteiger partial charge in [-0.2, -0.15) is 0 Å². The number of para-hydroxylation sites is 1. The maximum Gasteiger partial charge on any atom is 0.407 e. The lowest BCUT2D eigenvalue weighted by atomic mass is 10.0. The second kappa shape index (κ2) is 14.7. The Balaban J connectivity index is 1.16. The van der Waals surface area contributed by atoms with E-state index in [1.165, 1.54) is 5.56 Å². The third kappa shape index (κ3) is 10.0. The van der Waals surface area contributed by atoms with Crippen LogP contribution >= 0.6 is 21.6 Å². The van der Waals surface area contributed by atoms with E-state index in [1.54, 1.807) is 21.6 Å². The average molecular weight is 590 g/mol. The van der Waals surface area contributed by atoms with Gasteiger partial charge in [-0.1, -0.05) is 59.0 Å². The average Bonchev–Trinajstić information content (AvgIpc) is 2.94. The highest BCUT2D eigenvalue weighted by molar-refractivity contribution is 8.77. The van der Waals surface area contributed by atoms with Crippen molar-refractivity contribution < 1.29 is 14.3 Å². The first-order chi connectivity index (χ1) is 19.7. The molecule has 1 aliphatic heterocycles. The number of anilines is 1. The molecule has 216 valence electrons. The van der Waals surface area contributed by atoms with Crippen molar-refractivity contribution in [3.8, 4) is 11.8 Å². The predicted octanol–water partition coefficient (Wildman–Crippen LogP) is 7.32. The molecule has 2 heterocycles. The molecule has 0 saturated heterocycles. The number of hydrogen-bond acceptors (Lipinski definition) is 7. The van der Waals surface area contributed by atoms with Crippen LogP contribution in [0.1, 0.15) is 57.2 Å². The molecule has 0 unspecified atom stereocenters. The van der Waals surface area contributed by atoms with E-state index >= 15 is 0 Å². The van der Waals surface area contributed by atoms with Crippen LogP contribution in [0.25, 0.3) is 0 Å². The third-order valence-corrected chi connectivity index (χ3v) is 10.00. The van der Waals surface area contributed by atoms with Gasteiger partial charge in [-0.05, 0) is 80.8 Å². The topological polar surface area (TPSA) is 63.7 Å². The third-order valence-electron chi connectivity index (χ3n) is 6.73. The highest BCUT2D eigenvalue weighted by atomic mass is 33.1. The molecule has 4 rings (SSSR count).